The largest absolute Gasteiger partial charge is 0.382 e. The molecule has 0 aliphatic heterocycles. The van der Waals surface area contributed by atoms with Crippen LogP contribution >= 0.6 is 0 Å². The second-order valence-electron chi connectivity index (χ2n) is 5.03. The van der Waals surface area contributed by atoms with E-state index in [9.17, 15) is 0 Å². The van der Waals surface area contributed by atoms with E-state index in [-0.39, 0.29) is 6.04 Å². The highest BCUT2D eigenvalue weighted by molar-refractivity contribution is 5.59. The van der Waals surface area contributed by atoms with Crippen molar-refractivity contribution in [3.63, 3.8) is 0 Å². The standard InChI is InChI=1S/C16H18N6O/c1-22-15(6-10-19-22)14(11-23-2)21-16-18-9-5-13(20-16)12-3-7-17-8-4-12/h3-10,14H,11H2,1-2H3,(H,18,20,21)/t14-/m1/s1. The number of methoxy groups -OCH3 is 1. The molecule has 3 rings (SSSR count). The molecule has 0 spiro atoms. The van der Waals surface area contributed by atoms with Crippen molar-refractivity contribution in [1.29, 1.82) is 0 Å². The van der Waals surface area contributed by atoms with Gasteiger partial charge in [-0.15, -0.1) is 0 Å². The molecule has 0 aromatic carbocycles. The Balaban J connectivity index is 1.85. The summed E-state index contributed by atoms with van der Waals surface area (Å²) in [5, 5.41) is 7.51. The fourth-order valence-corrected chi connectivity index (χ4v) is 2.36. The topological polar surface area (TPSA) is 77.8 Å². The fourth-order valence-electron chi connectivity index (χ4n) is 2.36. The molecule has 0 radical (unpaired) electrons. The van der Waals surface area contributed by atoms with Gasteiger partial charge in [0.1, 0.15) is 0 Å². The summed E-state index contributed by atoms with van der Waals surface area (Å²) < 4.78 is 7.11. The molecule has 0 fully saturated rings. The molecule has 0 aliphatic rings. The second kappa shape index (κ2) is 6.97. The molecule has 0 aliphatic carbocycles. The molecular weight excluding hydrogens is 292 g/mol. The van der Waals surface area contributed by atoms with Gasteiger partial charge in [0.15, 0.2) is 0 Å². The first-order chi connectivity index (χ1) is 11.3. The Kier molecular flexibility index (Phi) is 4.58. The van der Waals surface area contributed by atoms with Crippen molar-refractivity contribution in [3.8, 4) is 11.3 Å². The Morgan fingerprint density at radius 1 is 1.13 bits per heavy atom. The van der Waals surface area contributed by atoms with Gasteiger partial charge in [-0.25, -0.2) is 9.97 Å². The predicted octanol–water partition coefficient (Wildman–Crippen LogP) is 2.07. The number of rotatable bonds is 6. The number of pyridine rings is 1. The molecule has 0 saturated carbocycles. The smallest absolute Gasteiger partial charge is 0.223 e. The molecule has 0 amide bonds. The first kappa shape index (κ1) is 15.1. The van der Waals surface area contributed by atoms with Gasteiger partial charge in [-0.05, 0) is 24.3 Å². The van der Waals surface area contributed by atoms with E-state index in [0.29, 0.717) is 12.6 Å². The maximum Gasteiger partial charge on any atom is 0.223 e. The zero-order chi connectivity index (χ0) is 16.1. The molecule has 3 aromatic rings. The third-order valence-electron chi connectivity index (χ3n) is 3.48. The number of aryl methyl sites for hydroxylation is 1. The van der Waals surface area contributed by atoms with Crippen LogP contribution in [0.25, 0.3) is 11.3 Å². The lowest BCUT2D eigenvalue weighted by atomic mass is 10.2. The van der Waals surface area contributed by atoms with Crippen LogP contribution in [0.15, 0.2) is 49.1 Å². The highest BCUT2D eigenvalue weighted by atomic mass is 16.5. The van der Waals surface area contributed by atoms with E-state index in [1.54, 1.807) is 31.9 Å². The van der Waals surface area contributed by atoms with Gasteiger partial charge < -0.3 is 10.1 Å². The fraction of sp³-hybridized carbons (Fsp3) is 0.250. The number of nitrogens with one attached hydrogen (secondary N) is 1. The molecule has 3 heterocycles. The zero-order valence-corrected chi connectivity index (χ0v) is 13.0. The molecular formula is C16H18N6O. The van der Waals surface area contributed by atoms with Gasteiger partial charge in [0, 0.05) is 44.5 Å². The van der Waals surface area contributed by atoms with Crippen LogP contribution in [0, 0.1) is 0 Å². The molecule has 0 saturated heterocycles. The lowest BCUT2D eigenvalue weighted by molar-refractivity contribution is 0.183. The molecule has 0 bridgehead atoms. The van der Waals surface area contributed by atoms with Crippen molar-refractivity contribution in [1.82, 2.24) is 24.7 Å². The van der Waals surface area contributed by atoms with E-state index in [1.807, 2.05) is 36.0 Å². The summed E-state index contributed by atoms with van der Waals surface area (Å²) in [6.45, 7) is 0.488. The predicted molar refractivity (Wildman–Crippen MR) is 86.7 cm³/mol. The number of hydrogen-bond donors (Lipinski definition) is 1. The quantitative estimate of drug-likeness (QED) is 0.751. The van der Waals surface area contributed by atoms with Gasteiger partial charge in [-0.1, -0.05) is 0 Å². The van der Waals surface area contributed by atoms with Gasteiger partial charge in [0.05, 0.1) is 24.0 Å². The number of anilines is 1. The summed E-state index contributed by atoms with van der Waals surface area (Å²) in [5.74, 6) is 0.544. The Bertz CT molecular complexity index is 758. The van der Waals surface area contributed by atoms with E-state index in [2.05, 4.69) is 25.4 Å². The van der Waals surface area contributed by atoms with Crippen LogP contribution in [-0.4, -0.2) is 38.4 Å². The van der Waals surface area contributed by atoms with Crippen molar-refractivity contribution < 1.29 is 4.74 Å². The average Bonchev–Trinajstić information content (AvgIpc) is 3.02. The maximum atomic E-state index is 5.30. The molecule has 118 valence electrons. The number of ether oxygens (including phenoxy) is 1. The number of aromatic nitrogens is 5. The van der Waals surface area contributed by atoms with Crippen LogP contribution in [0.5, 0.6) is 0 Å². The SMILES string of the molecule is COC[C@@H](Nc1nccc(-c2ccncc2)n1)c1ccnn1C. The van der Waals surface area contributed by atoms with E-state index in [1.165, 1.54) is 0 Å². The van der Waals surface area contributed by atoms with Crippen LogP contribution in [0.2, 0.25) is 0 Å². The summed E-state index contributed by atoms with van der Waals surface area (Å²) in [5.41, 5.74) is 2.84. The Morgan fingerprint density at radius 2 is 1.96 bits per heavy atom. The van der Waals surface area contributed by atoms with Crippen molar-refractivity contribution >= 4 is 5.95 Å². The van der Waals surface area contributed by atoms with Gasteiger partial charge in [-0.3, -0.25) is 9.67 Å². The maximum absolute atomic E-state index is 5.30. The van der Waals surface area contributed by atoms with E-state index >= 15 is 0 Å². The van der Waals surface area contributed by atoms with E-state index in [0.717, 1.165) is 17.0 Å². The van der Waals surface area contributed by atoms with Gasteiger partial charge >= 0.3 is 0 Å². The second-order valence-corrected chi connectivity index (χ2v) is 5.03. The van der Waals surface area contributed by atoms with Gasteiger partial charge in [-0.2, -0.15) is 5.10 Å². The van der Waals surface area contributed by atoms with Crippen LogP contribution in [0.3, 0.4) is 0 Å². The molecule has 7 nitrogen and oxygen atoms in total. The normalized spacial score (nSPS) is 12.1. The summed E-state index contributed by atoms with van der Waals surface area (Å²) in [7, 11) is 3.56. The third kappa shape index (κ3) is 3.51. The number of nitrogens with zero attached hydrogens (tertiary/aromatic N) is 5. The van der Waals surface area contributed by atoms with Crippen LogP contribution in [0.4, 0.5) is 5.95 Å². The Hall–Kier alpha value is -2.80. The van der Waals surface area contributed by atoms with E-state index < -0.39 is 0 Å². The summed E-state index contributed by atoms with van der Waals surface area (Å²) in [4.78, 5) is 12.9. The summed E-state index contributed by atoms with van der Waals surface area (Å²) >= 11 is 0. The zero-order valence-electron chi connectivity index (χ0n) is 13.0. The minimum absolute atomic E-state index is 0.0832. The lowest BCUT2D eigenvalue weighted by Gasteiger charge is -2.18. The van der Waals surface area contributed by atoms with Crippen molar-refractivity contribution in [2.75, 3.05) is 19.0 Å². The summed E-state index contributed by atoms with van der Waals surface area (Å²) in [6, 6.07) is 7.57. The van der Waals surface area contributed by atoms with Crippen molar-refractivity contribution in [2.45, 2.75) is 6.04 Å². The van der Waals surface area contributed by atoms with Gasteiger partial charge in [0.2, 0.25) is 5.95 Å². The molecule has 1 atom stereocenters. The van der Waals surface area contributed by atoms with Crippen LogP contribution in [-0.2, 0) is 11.8 Å². The summed E-state index contributed by atoms with van der Waals surface area (Å²) in [6.07, 6.45) is 6.98. The van der Waals surface area contributed by atoms with E-state index in [4.69, 9.17) is 4.74 Å². The van der Waals surface area contributed by atoms with Gasteiger partial charge in [0.25, 0.3) is 0 Å². The highest BCUT2D eigenvalue weighted by Crippen LogP contribution is 2.20. The third-order valence-corrected chi connectivity index (χ3v) is 3.48. The molecule has 3 aromatic heterocycles. The first-order valence-electron chi connectivity index (χ1n) is 7.24. The monoisotopic (exact) mass is 310 g/mol. The number of hydrogen-bond acceptors (Lipinski definition) is 6. The van der Waals surface area contributed by atoms with Crippen LogP contribution in [0.1, 0.15) is 11.7 Å². The molecule has 0 unspecified atom stereocenters. The van der Waals surface area contributed by atoms with Crippen molar-refractivity contribution in [3.05, 3.63) is 54.7 Å². The average molecular weight is 310 g/mol. The molecule has 7 heteroatoms. The highest BCUT2D eigenvalue weighted by Gasteiger charge is 2.16. The molecule has 1 N–H and O–H groups in total. The lowest BCUT2D eigenvalue weighted by Crippen LogP contribution is -2.20. The van der Waals surface area contributed by atoms with Crippen molar-refractivity contribution in [2.24, 2.45) is 7.05 Å². The Morgan fingerprint density at radius 3 is 2.65 bits per heavy atom. The molecule has 23 heavy (non-hydrogen) atoms. The minimum atomic E-state index is -0.0832. The minimum Gasteiger partial charge on any atom is -0.382 e. The van der Waals surface area contributed by atoms with Crippen LogP contribution < -0.4 is 5.32 Å². The Labute approximate surface area is 134 Å². The first-order valence-corrected chi connectivity index (χ1v) is 7.24.